The number of H-pyrrole nitrogens is 1. The zero-order valence-electron chi connectivity index (χ0n) is 5.70. The first kappa shape index (κ1) is 5.41. The number of hydrogen-bond donors (Lipinski definition) is 1. The summed E-state index contributed by atoms with van der Waals surface area (Å²) in [6, 6.07) is 1.94. The molecule has 2 aromatic heterocycles. The number of aromatic amines is 1. The van der Waals surface area contributed by atoms with Crippen LogP contribution in [0.5, 0.6) is 0 Å². The Hall–Kier alpha value is -1.38. The summed E-state index contributed by atoms with van der Waals surface area (Å²) in [6.07, 6.45) is 5.55. The van der Waals surface area contributed by atoms with Crippen LogP contribution in [0.3, 0.4) is 0 Å². The number of rotatable bonds is 0. The van der Waals surface area contributed by atoms with Gasteiger partial charge in [0.25, 0.3) is 0 Å². The second-order valence-corrected chi connectivity index (χ2v) is 2.31. The highest BCUT2D eigenvalue weighted by Gasteiger charge is 1.99. The van der Waals surface area contributed by atoms with Crippen molar-refractivity contribution in [2.24, 2.45) is 0 Å². The second kappa shape index (κ2) is 1.80. The summed E-state index contributed by atoms with van der Waals surface area (Å²) in [5.74, 6) is 0. The largest absolute Gasteiger partial charge is 0.274 e. The van der Waals surface area contributed by atoms with Crippen LogP contribution in [0.25, 0.3) is 5.65 Å². The smallest absolute Gasteiger partial charge is 0.233 e. The fourth-order valence-corrected chi connectivity index (χ4v) is 1.02. The van der Waals surface area contributed by atoms with E-state index in [2.05, 4.69) is 9.97 Å². The molecule has 10 heavy (non-hydrogen) atoms. The fraction of sp³-hybridized carbons (Fsp3) is 0.143. The highest BCUT2D eigenvalue weighted by molar-refractivity contribution is 5.27. The van der Waals surface area contributed by atoms with Gasteiger partial charge < -0.3 is 0 Å². The van der Waals surface area contributed by atoms with Crippen molar-refractivity contribution in [3.05, 3.63) is 30.5 Å². The normalized spacial score (nSPS) is 10.5. The molecule has 0 radical (unpaired) electrons. The molecule has 2 aromatic rings. The van der Waals surface area contributed by atoms with Gasteiger partial charge >= 0.3 is 0 Å². The summed E-state index contributed by atoms with van der Waals surface area (Å²) in [5, 5.41) is 0. The molecular formula is C7H8N3+. The van der Waals surface area contributed by atoms with Crippen molar-refractivity contribution in [3.8, 4) is 0 Å². The standard InChI is InChI=1S/C7H7N3/c1-6-4-10-5-8-3-2-7(10)9-6/h2-5H,1H3/p+1. The lowest BCUT2D eigenvalue weighted by Gasteiger charge is -1.77. The van der Waals surface area contributed by atoms with E-state index < -0.39 is 0 Å². The first-order chi connectivity index (χ1) is 4.86. The number of nitrogens with zero attached hydrogens (tertiary/aromatic N) is 2. The molecule has 1 N–H and O–H groups in total. The maximum absolute atomic E-state index is 3.97. The lowest BCUT2D eigenvalue weighted by atomic mass is 10.6. The summed E-state index contributed by atoms with van der Waals surface area (Å²) in [4.78, 5) is 7.15. The average molecular weight is 134 g/mol. The third-order valence-corrected chi connectivity index (χ3v) is 1.45. The van der Waals surface area contributed by atoms with Gasteiger partial charge in [-0.2, -0.15) is 0 Å². The van der Waals surface area contributed by atoms with E-state index in [1.54, 1.807) is 12.5 Å². The van der Waals surface area contributed by atoms with Crippen LogP contribution >= 0.6 is 0 Å². The van der Waals surface area contributed by atoms with Crippen LogP contribution in [0.1, 0.15) is 5.69 Å². The van der Waals surface area contributed by atoms with Gasteiger partial charge in [0.15, 0.2) is 0 Å². The third kappa shape index (κ3) is 0.673. The van der Waals surface area contributed by atoms with Gasteiger partial charge in [-0.25, -0.2) is 4.40 Å². The van der Waals surface area contributed by atoms with Crippen LogP contribution in [0.15, 0.2) is 24.8 Å². The van der Waals surface area contributed by atoms with Crippen molar-refractivity contribution in [2.75, 3.05) is 0 Å². The van der Waals surface area contributed by atoms with Gasteiger partial charge in [0.05, 0.1) is 0 Å². The zero-order valence-corrected chi connectivity index (χ0v) is 5.70. The minimum atomic E-state index is 1.08. The van der Waals surface area contributed by atoms with Gasteiger partial charge in [-0.05, 0) is 6.92 Å². The van der Waals surface area contributed by atoms with Gasteiger partial charge in [0.1, 0.15) is 18.1 Å². The molecule has 3 heteroatoms. The Kier molecular flexibility index (Phi) is 0.974. The molecule has 0 aliphatic heterocycles. The van der Waals surface area contributed by atoms with E-state index in [1.807, 2.05) is 23.6 Å². The van der Waals surface area contributed by atoms with Crippen molar-refractivity contribution < 1.29 is 4.40 Å². The molecule has 0 amide bonds. The van der Waals surface area contributed by atoms with E-state index in [1.165, 1.54) is 0 Å². The molecule has 0 saturated heterocycles. The minimum Gasteiger partial charge on any atom is -0.274 e. The number of aryl methyl sites for hydroxylation is 1. The first-order valence-corrected chi connectivity index (χ1v) is 3.17. The van der Waals surface area contributed by atoms with E-state index in [-0.39, 0.29) is 0 Å². The van der Waals surface area contributed by atoms with Crippen LogP contribution in [0.4, 0.5) is 0 Å². The molecule has 0 bridgehead atoms. The molecule has 0 spiro atoms. The van der Waals surface area contributed by atoms with Crippen molar-refractivity contribution in [2.45, 2.75) is 6.92 Å². The fourth-order valence-electron chi connectivity index (χ4n) is 1.02. The number of aromatic nitrogens is 3. The Bertz CT molecular complexity index is 317. The van der Waals surface area contributed by atoms with Crippen molar-refractivity contribution >= 4 is 5.65 Å². The van der Waals surface area contributed by atoms with Crippen LogP contribution in [0.2, 0.25) is 0 Å². The summed E-state index contributed by atoms with van der Waals surface area (Å²) in [7, 11) is 0. The molecule has 3 nitrogen and oxygen atoms in total. The quantitative estimate of drug-likeness (QED) is 0.521. The molecule has 0 atom stereocenters. The molecule has 0 aliphatic carbocycles. The maximum atomic E-state index is 3.97. The van der Waals surface area contributed by atoms with Crippen LogP contribution < -0.4 is 4.40 Å². The van der Waals surface area contributed by atoms with E-state index in [0.717, 1.165) is 11.3 Å². The molecule has 0 saturated carbocycles. The number of imidazole rings is 1. The lowest BCUT2D eigenvalue weighted by molar-refractivity contribution is -0.514. The molecular weight excluding hydrogens is 126 g/mol. The Morgan fingerprint density at radius 2 is 2.50 bits per heavy atom. The Morgan fingerprint density at radius 1 is 1.60 bits per heavy atom. The molecule has 2 rings (SSSR count). The van der Waals surface area contributed by atoms with Crippen LogP contribution in [0, 0.1) is 6.92 Å². The monoisotopic (exact) mass is 134 g/mol. The predicted molar refractivity (Wildman–Crippen MR) is 36.5 cm³/mol. The van der Waals surface area contributed by atoms with E-state index in [0.29, 0.717) is 0 Å². The molecule has 0 fully saturated rings. The molecule has 2 heterocycles. The van der Waals surface area contributed by atoms with Gasteiger partial charge in [0.2, 0.25) is 12.0 Å². The van der Waals surface area contributed by atoms with E-state index >= 15 is 0 Å². The average Bonchev–Trinajstić information content (AvgIpc) is 2.27. The maximum Gasteiger partial charge on any atom is 0.233 e. The van der Waals surface area contributed by atoms with Gasteiger partial charge in [0, 0.05) is 6.07 Å². The molecule has 50 valence electrons. The lowest BCUT2D eigenvalue weighted by Crippen LogP contribution is -2.17. The van der Waals surface area contributed by atoms with Crippen molar-refractivity contribution in [1.82, 2.24) is 9.97 Å². The summed E-state index contributed by atoms with van der Waals surface area (Å²) >= 11 is 0. The molecule has 0 aliphatic rings. The first-order valence-electron chi connectivity index (χ1n) is 3.17. The van der Waals surface area contributed by atoms with Crippen LogP contribution in [-0.4, -0.2) is 9.97 Å². The predicted octanol–water partition coefficient (Wildman–Crippen LogP) is 0.457. The SMILES string of the molecule is Cc1c[n+]2cnccc2[nH]1. The highest BCUT2D eigenvalue weighted by atomic mass is 15.0. The second-order valence-electron chi connectivity index (χ2n) is 2.31. The van der Waals surface area contributed by atoms with Gasteiger partial charge in [-0.1, -0.05) is 0 Å². The summed E-state index contributed by atoms with van der Waals surface area (Å²) in [5.41, 5.74) is 2.22. The number of fused-ring (bicyclic) bond motifs is 1. The van der Waals surface area contributed by atoms with Crippen molar-refractivity contribution in [1.29, 1.82) is 0 Å². The zero-order chi connectivity index (χ0) is 6.97. The van der Waals surface area contributed by atoms with Crippen LogP contribution in [-0.2, 0) is 0 Å². The Labute approximate surface area is 58.4 Å². The number of hydrogen-bond acceptors (Lipinski definition) is 1. The van der Waals surface area contributed by atoms with E-state index in [9.17, 15) is 0 Å². The summed E-state index contributed by atoms with van der Waals surface area (Å²) < 4.78 is 1.95. The van der Waals surface area contributed by atoms with Gasteiger partial charge in [-0.3, -0.25) is 4.98 Å². The minimum absolute atomic E-state index is 1.08. The Morgan fingerprint density at radius 3 is 3.30 bits per heavy atom. The highest BCUT2D eigenvalue weighted by Crippen LogP contribution is 1.91. The summed E-state index contributed by atoms with van der Waals surface area (Å²) in [6.45, 7) is 2.02. The molecule has 0 unspecified atom stereocenters. The van der Waals surface area contributed by atoms with Crippen molar-refractivity contribution in [3.63, 3.8) is 0 Å². The number of nitrogens with one attached hydrogen (secondary N) is 1. The van der Waals surface area contributed by atoms with Gasteiger partial charge in [-0.15, -0.1) is 4.98 Å². The topological polar surface area (TPSA) is 32.8 Å². The third-order valence-electron chi connectivity index (χ3n) is 1.45. The van der Waals surface area contributed by atoms with E-state index in [4.69, 9.17) is 0 Å². The Balaban J connectivity index is 2.88. The molecule has 0 aromatic carbocycles.